The third kappa shape index (κ3) is 2.12. The van der Waals surface area contributed by atoms with Gasteiger partial charge in [0, 0.05) is 11.1 Å². The Morgan fingerprint density at radius 2 is 2.14 bits per heavy atom. The number of carbonyl (C=O) groups excluding carboxylic acids is 2. The molecule has 1 aromatic rings. The molecule has 0 aliphatic carbocycles. The zero-order chi connectivity index (χ0) is 10.7. The van der Waals surface area contributed by atoms with E-state index in [1.54, 1.807) is 12.1 Å². The Hall–Kier alpha value is -0.910. The molecule has 0 unspecified atom stereocenters. The molecule has 0 saturated carbocycles. The Kier molecular flexibility index (Phi) is 3.62. The Labute approximate surface area is 95.6 Å². The van der Waals surface area contributed by atoms with Crippen molar-refractivity contribution in [3.8, 4) is 5.75 Å². The van der Waals surface area contributed by atoms with E-state index in [1.165, 1.54) is 14.0 Å². The molecule has 0 aliphatic heterocycles. The van der Waals surface area contributed by atoms with E-state index < -0.39 is 0 Å². The summed E-state index contributed by atoms with van der Waals surface area (Å²) in [6.45, 7) is 1.45. The van der Waals surface area contributed by atoms with E-state index in [2.05, 4.69) is 0 Å². The molecule has 0 radical (unpaired) electrons. The minimum atomic E-state index is -0.0807. The molecule has 0 spiro atoms. The third-order valence-electron chi connectivity index (χ3n) is 1.82. The predicted molar refractivity (Wildman–Crippen MR) is 61.1 cm³/mol. The van der Waals surface area contributed by atoms with Gasteiger partial charge in [0.25, 0.3) is 0 Å². The van der Waals surface area contributed by atoms with Crippen molar-refractivity contribution in [2.45, 2.75) is 6.92 Å². The van der Waals surface area contributed by atoms with Crippen LogP contribution in [-0.4, -0.2) is 19.2 Å². The summed E-state index contributed by atoms with van der Waals surface area (Å²) in [6.07, 6.45) is 0.719. The highest BCUT2D eigenvalue weighted by Crippen LogP contribution is 2.25. The minimum Gasteiger partial charge on any atom is -0.496 e. The second-order valence-corrected chi connectivity index (χ2v) is 3.83. The molecule has 0 amide bonds. The van der Waals surface area contributed by atoms with Crippen LogP contribution in [0, 0.1) is 3.57 Å². The zero-order valence-corrected chi connectivity index (χ0v) is 9.99. The van der Waals surface area contributed by atoms with E-state index in [9.17, 15) is 9.59 Å². The van der Waals surface area contributed by atoms with Gasteiger partial charge in [-0.2, -0.15) is 0 Å². The average molecular weight is 304 g/mol. The van der Waals surface area contributed by atoms with E-state index in [0.717, 1.165) is 9.86 Å². The molecule has 4 heteroatoms. The van der Waals surface area contributed by atoms with Crippen LogP contribution in [0.2, 0.25) is 0 Å². The monoisotopic (exact) mass is 304 g/mol. The maximum absolute atomic E-state index is 11.1. The van der Waals surface area contributed by atoms with Gasteiger partial charge in [0.15, 0.2) is 12.1 Å². The van der Waals surface area contributed by atoms with Gasteiger partial charge < -0.3 is 4.74 Å². The molecule has 0 aromatic heterocycles. The van der Waals surface area contributed by atoms with Crippen molar-refractivity contribution in [3.63, 3.8) is 0 Å². The maximum atomic E-state index is 11.1. The highest BCUT2D eigenvalue weighted by Gasteiger charge is 2.10. The molecule has 0 bridgehead atoms. The smallest absolute Gasteiger partial charge is 0.159 e. The van der Waals surface area contributed by atoms with Crippen LogP contribution in [0.1, 0.15) is 27.6 Å². The second kappa shape index (κ2) is 4.54. The maximum Gasteiger partial charge on any atom is 0.159 e. The van der Waals surface area contributed by atoms with Crippen molar-refractivity contribution in [2.24, 2.45) is 0 Å². The van der Waals surface area contributed by atoms with Gasteiger partial charge in [0.2, 0.25) is 0 Å². The van der Waals surface area contributed by atoms with Crippen LogP contribution in [0.15, 0.2) is 12.1 Å². The predicted octanol–water partition coefficient (Wildman–Crippen LogP) is 2.31. The number of carbonyl (C=O) groups is 2. The molecule has 0 heterocycles. The van der Waals surface area contributed by atoms with Crippen molar-refractivity contribution in [1.29, 1.82) is 0 Å². The van der Waals surface area contributed by atoms with Crippen LogP contribution in [0.4, 0.5) is 0 Å². The van der Waals surface area contributed by atoms with Gasteiger partial charge in [-0.05, 0) is 41.6 Å². The summed E-state index contributed by atoms with van der Waals surface area (Å²) >= 11 is 2.01. The van der Waals surface area contributed by atoms with Gasteiger partial charge >= 0.3 is 0 Å². The minimum absolute atomic E-state index is 0.0807. The van der Waals surface area contributed by atoms with Crippen LogP contribution in [0.3, 0.4) is 0 Å². The number of rotatable bonds is 3. The highest BCUT2D eigenvalue weighted by atomic mass is 127. The van der Waals surface area contributed by atoms with Gasteiger partial charge in [-0.25, -0.2) is 0 Å². The molecule has 0 aliphatic rings. The first-order valence-electron chi connectivity index (χ1n) is 3.93. The normalized spacial score (nSPS) is 9.64. The lowest BCUT2D eigenvalue weighted by Gasteiger charge is -2.07. The fourth-order valence-corrected chi connectivity index (χ4v) is 1.72. The van der Waals surface area contributed by atoms with Gasteiger partial charge in [-0.15, -0.1) is 0 Å². The van der Waals surface area contributed by atoms with E-state index >= 15 is 0 Å². The molecular weight excluding hydrogens is 295 g/mol. The number of halogens is 1. The third-order valence-corrected chi connectivity index (χ3v) is 2.98. The van der Waals surface area contributed by atoms with Crippen LogP contribution in [-0.2, 0) is 0 Å². The van der Waals surface area contributed by atoms with E-state index in [-0.39, 0.29) is 5.78 Å². The summed E-state index contributed by atoms with van der Waals surface area (Å²) in [5, 5.41) is 0. The van der Waals surface area contributed by atoms with Crippen LogP contribution >= 0.6 is 22.6 Å². The summed E-state index contributed by atoms with van der Waals surface area (Å²) in [6, 6.07) is 3.21. The van der Waals surface area contributed by atoms with Gasteiger partial charge in [-0.1, -0.05) is 0 Å². The van der Waals surface area contributed by atoms with Crippen LogP contribution in [0.5, 0.6) is 5.75 Å². The number of Topliss-reactive ketones (excluding diaryl/α,β-unsaturated/α-hetero) is 1. The Morgan fingerprint density at radius 1 is 1.50 bits per heavy atom. The topological polar surface area (TPSA) is 43.4 Å². The first kappa shape index (κ1) is 11.2. The number of hydrogen-bond donors (Lipinski definition) is 0. The number of hydrogen-bond acceptors (Lipinski definition) is 3. The Bertz CT molecular complexity index is 385. The van der Waals surface area contributed by atoms with Crippen molar-refractivity contribution in [3.05, 3.63) is 26.8 Å². The molecule has 1 aromatic carbocycles. The van der Waals surface area contributed by atoms with Crippen molar-refractivity contribution in [2.75, 3.05) is 7.11 Å². The highest BCUT2D eigenvalue weighted by molar-refractivity contribution is 14.1. The van der Waals surface area contributed by atoms with Gasteiger partial charge in [0.05, 0.1) is 10.7 Å². The zero-order valence-electron chi connectivity index (χ0n) is 7.83. The fourth-order valence-electron chi connectivity index (χ4n) is 1.06. The van der Waals surface area contributed by atoms with Crippen molar-refractivity contribution < 1.29 is 14.3 Å². The van der Waals surface area contributed by atoms with Gasteiger partial charge in [-0.3, -0.25) is 9.59 Å². The number of benzene rings is 1. The van der Waals surface area contributed by atoms with Gasteiger partial charge in [0.1, 0.15) is 5.75 Å². The summed E-state index contributed by atoms with van der Waals surface area (Å²) in [7, 11) is 1.51. The molecule has 3 nitrogen and oxygen atoms in total. The lowest BCUT2D eigenvalue weighted by molar-refractivity contribution is 0.101. The lowest BCUT2D eigenvalue weighted by atomic mass is 10.1. The number of methoxy groups -OCH3 is 1. The summed E-state index contributed by atoms with van der Waals surface area (Å²) in [4.78, 5) is 21.8. The lowest BCUT2D eigenvalue weighted by Crippen LogP contribution is -1.99. The molecule has 0 fully saturated rings. The summed E-state index contributed by atoms with van der Waals surface area (Å²) < 4.78 is 5.79. The van der Waals surface area contributed by atoms with Crippen LogP contribution in [0.25, 0.3) is 0 Å². The Morgan fingerprint density at radius 3 is 2.57 bits per heavy atom. The molecule has 14 heavy (non-hydrogen) atoms. The quantitative estimate of drug-likeness (QED) is 0.489. The fraction of sp³-hybridized carbons (Fsp3) is 0.200. The first-order chi connectivity index (χ1) is 6.60. The SMILES string of the molecule is COc1cc(C(C)=O)cc(C=O)c1I. The van der Waals surface area contributed by atoms with Crippen molar-refractivity contribution >= 4 is 34.7 Å². The summed E-state index contributed by atoms with van der Waals surface area (Å²) in [5.41, 5.74) is 0.972. The van der Waals surface area contributed by atoms with E-state index in [4.69, 9.17) is 4.74 Å². The molecule has 0 N–H and O–H groups in total. The molecular formula is C10H9IO3. The van der Waals surface area contributed by atoms with Crippen LogP contribution < -0.4 is 4.74 Å². The molecule has 74 valence electrons. The standard InChI is InChI=1S/C10H9IO3/c1-6(13)7-3-8(5-12)10(11)9(4-7)14-2/h3-5H,1-2H3. The van der Waals surface area contributed by atoms with Crippen molar-refractivity contribution in [1.82, 2.24) is 0 Å². The summed E-state index contributed by atoms with van der Waals surface area (Å²) in [5.74, 6) is 0.475. The number of ether oxygens (including phenoxy) is 1. The molecule has 0 atom stereocenters. The van der Waals surface area contributed by atoms with E-state index in [1.807, 2.05) is 22.6 Å². The first-order valence-corrected chi connectivity index (χ1v) is 5.01. The number of ketones is 1. The largest absolute Gasteiger partial charge is 0.496 e. The second-order valence-electron chi connectivity index (χ2n) is 2.76. The van der Waals surface area contributed by atoms with E-state index in [0.29, 0.717) is 16.9 Å². The molecule has 1 rings (SSSR count). The molecule has 0 saturated heterocycles. The number of aldehydes is 1. The average Bonchev–Trinajstić information content (AvgIpc) is 2.17. The Balaban J connectivity index is 3.39.